The van der Waals surface area contributed by atoms with Gasteiger partial charge in [0.1, 0.15) is 11.6 Å². The Hall–Kier alpha value is -2.87. The molecule has 0 radical (unpaired) electrons. The van der Waals surface area contributed by atoms with Crippen LogP contribution >= 0.6 is 11.8 Å². The van der Waals surface area contributed by atoms with Gasteiger partial charge in [-0.25, -0.2) is 4.98 Å². The Morgan fingerprint density at radius 2 is 1.87 bits per heavy atom. The molecule has 7 nitrogen and oxygen atoms in total. The number of rotatable bonds is 8. The summed E-state index contributed by atoms with van der Waals surface area (Å²) < 4.78 is 4.49. The van der Waals surface area contributed by atoms with Gasteiger partial charge in [-0.1, -0.05) is 25.0 Å². The predicted octanol–water partition coefficient (Wildman–Crippen LogP) is 3.20. The number of hydrogen-bond donors (Lipinski definition) is 2. The Balaban J connectivity index is 1.57. The number of esters is 1. The number of anilines is 1. The maximum atomic E-state index is 12.8. The van der Waals surface area contributed by atoms with Gasteiger partial charge in [-0.15, -0.1) is 11.8 Å². The van der Waals surface area contributed by atoms with Crippen molar-refractivity contribution < 1.29 is 19.1 Å². The van der Waals surface area contributed by atoms with Gasteiger partial charge in [-0.3, -0.25) is 14.4 Å². The van der Waals surface area contributed by atoms with E-state index in [4.69, 9.17) is 0 Å². The minimum atomic E-state index is -0.498. The molecular weight excluding hydrogens is 402 g/mol. The average molecular weight is 428 g/mol. The summed E-state index contributed by atoms with van der Waals surface area (Å²) >= 11 is 1.68. The Morgan fingerprint density at radius 3 is 2.57 bits per heavy atom. The molecule has 1 aliphatic rings. The molecule has 0 unspecified atom stereocenters. The normalized spacial score (nSPS) is 13.6. The zero-order valence-corrected chi connectivity index (χ0v) is 17.7. The van der Waals surface area contributed by atoms with Crippen molar-refractivity contribution in [1.29, 1.82) is 0 Å². The van der Waals surface area contributed by atoms with Crippen molar-refractivity contribution in [3.05, 3.63) is 53.7 Å². The molecule has 0 aliphatic heterocycles. The summed E-state index contributed by atoms with van der Waals surface area (Å²) in [6, 6.07) is 10.6. The first-order chi connectivity index (χ1) is 14.5. The predicted molar refractivity (Wildman–Crippen MR) is 115 cm³/mol. The van der Waals surface area contributed by atoms with E-state index in [1.54, 1.807) is 54.4 Å². The number of thioether (sulfide) groups is 1. The summed E-state index contributed by atoms with van der Waals surface area (Å²) in [5, 5.41) is 6.68. The minimum Gasteiger partial charge on any atom is -0.468 e. The van der Waals surface area contributed by atoms with E-state index in [1.807, 2.05) is 0 Å². The van der Waals surface area contributed by atoms with Crippen molar-refractivity contribution >= 4 is 35.2 Å². The second-order valence-electron chi connectivity index (χ2n) is 7.06. The van der Waals surface area contributed by atoms with Crippen LogP contribution in [0.15, 0.2) is 47.6 Å². The standard InChI is InChI=1S/C22H25N3O4S/c1-29-20(27)14-24-19(26)13-15-8-10-16(11-9-15)25-21(28)18-7-4-12-23-22(18)30-17-5-2-3-6-17/h4,7-12,17H,2-3,5-6,13-14H2,1H3,(H,24,26)(H,25,28). The highest BCUT2D eigenvalue weighted by Gasteiger charge is 2.20. The molecule has 1 heterocycles. The fraction of sp³-hybridized carbons (Fsp3) is 0.364. The molecule has 0 spiro atoms. The monoisotopic (exact) mass is 427 g/mol. The average Bonchev–Trinajstić information content (AvgIpc) is 3.27. The van der Waals surface area contributed by atoms with Crippen molar-refractivity contribution in [2.75, 3.05) is 19.0 Å². The molecule has 3 rings (SSSR count). The van der Waals surface area contributed by atoms with Gasteiger partial charge >= 0.3 is 5.97 Å². The van der Waals surface area contributed by atoms with Crippen LogP contribution in [0.2, 0.25) is 0 Å². The van der Waals surface area contributed by atoms with E-state index in [0.29, 0.717) is 16.5 Å². The highest BCUT2D eigenvalue weighted by molar-refractivity contribution is 7.99. The second kappa shape index (κ2) is 10.8. The number of carbonyl (C=O) groups is 3. The van der Waals surface area contributed by atoms with Crippen LogP contribution in [0.5, 0.6) is 0 Å². The highest BCUT2D eigenvalue weighted by Crippen LogP contribution is 2.35. The van der Waals surface area contributed by atoms with Crippen molar-refractivity contribution in [2.24, 2.45) is 0 Å². The summed E-state index contributed by atoms with van der Waals surface area (Å²) in [5.41, 5.74) is 1.98. The molecule has 0 bridgehead atoms. The van der Waals surface area contributed by atoms with Crippen LogP contribution in [-0.2, 0) is 20.7 Å². The fourth-order valence-electron chi connectivity index (χ4n) is 3.22. The number of nitrogens with one attached hydrogen (secondary N) is 2. The lowest BCUT2D eigenvalue weighted by Crippen LogP contribution is -2.31. The van der Waals surface area contributed by atoms with E-state index in [0.717, 1.165) is 23.4 Å². The van der Waals surface area contributed by atoms with Gasteiger partial charge < -0.3 is 15.4 Å². The molecule has 8 heteroatoms. The number of ether oxygens (including phenoxy) is 1. The summed E-state index contributed by atoms with van der Waals surface area (Å²) in [4.78, 5) is 40.1. The molecule has 0 saturated heterocycles. The molecule has 1 aliphatic carbocycles. The zero-order chi connectivity index (χ0) is 21.3. The van der Waals surface area contributed by atoms with Crippen LogP contribution in [0.1, 0.15) is 41.6 Å². The molecule has 1 aromatic carbocycles. The van der Waals surface area contributed by atoms with Crippen LogP contribution in [0.25, 0.3) is 0 Å². The molecule has 2 N–H and O–H groups in total. The highest BCUT2D eigenvalue weighted by atomic mass is 32.2. The topological polar surface area (TPSA) is 97.4 Å². The van der Waals surface area contributed by atoms with Crippen molar-refractivity contribution in [3.8, 4) is 0 Å². The third-order valence-electron chi connectivity index (χ3n) is 4.83. The molecule has 30 heavy (non-hydrogen) atoms. The van der Waals surface area contributed by atoms with E-state index in [9.17, 15) is 14.4 Å². The van der Waals surface area contributed by atoms with E-state index >= 15 is 0 Å². The number of benzene rings is 1. The molecule has 0 atom stereocenters. The number of methoxy groups -OCH3 is 1. The Morgan fingerprint density at radius 1 is 1.13 bits per heavy atom. The van der Waals surface area contributed by atoms with Gasteiger partial charge in [0.2, 0.25) is 5.91 Å². The van der Waals surface area contributed by atoms with Crippen LogP contribution in [-0.4, -0.2) is 41.7 Å². The maximum absolute atomic E-state index is 12.8. The lowest BCUT2D eigenvalue weighted by molar-refractivity contribution is -0.141. The number of amides is 2. The quantitative estimate of drug-likeness (QED) is 0.628. The van der Waals surface area contributed by atoms with Gasteiger partial charge in [0.25, 0.3) is 5.91 Å². The van der Waals surface area contributed by atoms with Gasteiger partial charge in [0, 0.05) is 17.1 Å². The van der Waals surface area contributed by atoms with Crippen molar-refractivity contribution in [2.45, 2.75) is 42.4 Å². The Labute approximate surface area is 180 Å². The molecule has 1 saturated carbocycles. The van der Waals surface area contributed by atoms with Crippen LogP contribution < -0.4 is 10.6 Å². The van der Waals surface area contributed by atoms with Crippen LogP contribution in [0.4, 0.5) is 5.69 Å². The van der Waals surface area contributed by atoms with Crippen molar-refractivity contribution in [1.82, 2.24) is 10.3 Å². The molecule has 158 valence electrons. The third-order valence-corrected chi connectivity index (χ3v) is 6.18. The van der Waals surface area contributed by atoms with E-state index in [1.165, 1.54) is 20.0 Å². The third kappa shape index (κ3) is 6.32. The Bertz CT molecular complexity index is 896. The first-order valence-corrected chi connectivity index (χ1v) is 10.8. The summed E-state index contributed by atoms with van der Waals surface area (Å²) in [7, 11) is 1.27. The zero-order valence-electron chi connectivity index (χ0n) is 16.8. The van der Waals surface area contributed by atoms with E-state index in [-0.39, 0.29) is 24.8 Å². The largest absolute Gasteiger partial charge is 0.468 e. The molecular formula is C22H25N3O4S. The SMILES string of the molecule is COC(=O)CNC(=O)Cc1ccc(NC(=O)c2cccnc2SC2CCCC2)cc1. The number of pyridine rings is 1. The van der Waals surface area contributed by atoms with Crippen LogP contribution in [0.3, 0.4) is 0 Å². The fourth-order valence-corrected chi connectivity index (χ4v) is 4.51. The summed E-state index contributed by atoms with van der Waals surface area (Å²) in [5.74, 6) is -0.976. The van der Waals surface area contributed by atoms with Gasteiger partial charge in [-0.2, -0.15) is 0 Å². The smallest absolute Gasteiger partial charge is 0.325 e. The minimum absolute atomic E-state index is 0.135. The van der Waals surface area contributed by atoms with Gasteiger partial charge in [-0.05, 0) is 42.7 Å². The van der Waals surface area contributed by atoms with Crippen LogP contribution in [0, 0.1) is 0 Å². The Kier molecular flexibility index (Phi) is 7.84. The second-order valence-corrected chi connectivity index (χ2v) is 8.35. The lowest BCUT2D eigenvalue weighted by Gasteiger charge is -2.12. The first-order valence-electron chi connectivity index (χ1n) is 9.90. The molecule has 1 fully saturated rings. The first kappa shape index (κ1) is 21.8. The summed E-state index contributed by atoms with van der Waals surface area (Å²) in [6.07, 6.45) is 6.65. The van der Waals surface area contributed by atoms with E-state index in [2.05, 4.69) is 20.4 Å². The number of aromatic nitrogens is 1. The molecule has 2 amide bonds. The summed E-state index contributed by atoms with van der Waals surface area (Å²) in [6.45, 7) is -0.157. The lowest BCUT2D eigenvalue weighted by atomic mass is 10.1. The number of hydrogen-bond acceptors (Lipinski definition) is 6. The number of carbonyl (C=O) groups excluding carboxylic acids is 3. The van der Waals surface area contributed by atoms with Gasteiger partial charge in [0.15, 0.2) is 0 Å². The van der Waals surface area contributed by atoms with Gasteiger partial charge in [0.05, 0.1) is 19.1 Å². The van der Waals surface area contributed by atoms with Crippen molar-refractivity contribution in [3.63, 3.8) is 0 Å². The molecule has 2 aromatic rings. The molecule has 1 aromatic heterocycles. The maximum Gasteiger partial charge on any atom is 0.325 e. The van der Waals surface area contributed by atoms with E-state index < -0.39 is 5.97 Å². The number of nitrogens with zero attached hydrogens (tertiary/aromatic N) is 1.